The minimum absolute atomic E-state index is 0.0277. The summed E-state index contributed by atoms with van der Waals surface area (Å²) in [6.07, 6.45) is 10.7. The van der Waals surface area contributed by atoms with Crippen molar-refractivity contribution in [2.45, 2.75) is 70.0 Å². The first-order valence-corrected chi connectivity index (χ1v) is 11.3. The number of amides is 2. The smallest absolute Gasteiger partial charge is 0.256 e. The second-order valence-corrected chi connectivity index (χ2v) is 8.93. The summed E-state index contributed by atoms with van der Waals surface area (Å²) < 4.78 is 0. The van der Waals surface area contributed by atoms with E-state index in [-0.39, 0.29) is 29.9 Å². The van der Waals surface area contributed by atoms with Crippen LogP contribution in [0.15, 0.2) is 24.5 Å². The summed E-state index contributed by atoms with van der Waals surface area (Å²) in [4.78, 5) is 37.5. The molecule has 4 rings (SSSR count). The van der Waals surface area contributed by atoms with Crippen molar-refractivity contribution in [2.75, 3.05) is 26.7 Å². The van der Waals surface area contributed by atoms with Crippen LogP contribution in [0.3, 0.4) is 0 Å². The fourth-order valence-corrected chi connectivity index (χ4v) is 5.65. The Labute approximate surface area is 174 Å². The number of carbonyl (C=O) groups is 2. The van der Waals surface area contributed by atoms with E-state index in [0.29, 0.717) is 11.5 Å². The van der Waals surface area contributed by atoms with Crippen LogP contribution in [-0.4, -0.2) is 76.3 Å². The molecule has 3 fully saturated rings. The lowest BCUT2D eigenvalue weighted by molar-refractivity contribution is -0.137. The highest BCUT2D eigenvalue weighted by Crippen LogP contribution is 2.41. The number of rotatable bonds is 4. The third-order valence-electron chi connectivity index (χ3n) is 7.42. The maximum Gasteiger partial charge on any atom is 0.256 e. The Morgan fingerprint density at radius 1 is 1.17 bits per heavy atom. The second-order valence-electron chi connectivity index (χ2n) is 8.93. The van der Waals surface area contributed by atoms with Gasteiger partial charge >= 0.3 is 0 Å². The van der Waals surface area contributed by atoms with Crippen LogP contribution >= 0.6 is 0 Å². The predicted octanol–water partition coefficient (Wildman–Crippen LogP) is 2.80. The molecule has 1 aliphatic carbocycles. The van der Waals surface area contributed by atoms with Gasteiger partial charge in [-0.2, -0.15) is 0 Å². The van der Waals surface area contributed by atoms with Crippen molar-refractivity contribution < 1.29 is 9.59 Å². The van der Waals surface area contributed by atoms with Crippen molar-refractivity contribution in [3.63, 3.8) is 0 Å². The fourth-order valence-electron chi connectivity index (χ4n) is 5.65. The van der Waals surface area contributed by atoms with Gasteiger partial charge in [0.25, 0.3) is 5.91 Å². The zero-order valence-corrected chi connectivity index (χ0v) is 17.8. The highest BCUT2D eigenvalue weighted by atomic mass is 16.2. The normalized spacial score (nSPS) is 28.2. The minimum Gasteiger partial charge on any atom is -0.341 e. The second kappa shape index (κ2) is 8.82. The number of aromatic nitrogens is 1. The molecule has 0 spiro atoms. The summed E-state index contributed by atoms with van der Waals surface area (Å²) in [7, 11) is 1.95. The zero-order valence-electron chi connectivity index (χ0n) is 17.8. The van der Waals surface area contributed by atoms with Crippen LogP contribution in [0.4, 0.5) is 0 Å². The molecule has 2 aliphatic heterocycles. The van der Waals surface area contributed by atoms with Crippen LogP contribution in [0.1, 0.15) is 62.2 Å². The third kappa shape index (κ3) is 4.04. The highest BCUT2D eigenvalue weighted by molar-refractivity contribution is 5.98. The third-order valence-corrected chi connectivity index (χ3v) is 7.42. The molecule has 6 nitrogen and oxygen atoms in total. The van der Waals surface area contributed by atoms with Gasteiger partial charge in [0, 0.05) is 44.6 Å². The SMILES string of the molecule is CCN1CCC(N(C)C(=O)[C@@H]2C[C@H]3CCCC[C@H]3N2C(=O)c2cccnc2)CC1. The molecular weight excluding hydrogens is 364 g/mol. The first kappa shape index (κ1) is 20.3. The summed E-state index contributed by atoms with van der Waals surface area (Å²) in [5.74, 6) is 0.556. The predicted molar refractivity (Wildman–Crippen MR) is 112 cm³/mol. The van der Waals surface area contributed by atoms with Gasteiger partial charge in [-0.15, -0.1) is 0 Å². The number of likely N-dealkylation sites (N-methyl/N-ethyl adjacent to an activating group) is 1. The van der Waals surface area contributed by atoms with E-state index < -0.39 is 0 Å². The fraction of sp³-hybridized carbons (Fsp3) is 0.696. The van der Waals surface area contributed by atoms with Gasteiger partial charge in [-0.25, -0.2) is 0 Å². The molecule has 6 heteroatoms. The van der Waals surface area contributed by atoms with E-state index in [9.17, 15) is 9.59 Å². The van der Waals surface area contributed by atoms with E-state index in [2.05, 4.69) is 16.8 Å². The molecule has 0 bridgehead atoms. The number of fused-ring (bicyclic) bond motifs is 1. The molecule has 0 N–H and O–H groups in total. The van der Waals surface area contributed by atoms with Crippen LogP contribution in [-0.2, 0) is 4.79 Å². The van der Waals surface area contributed by atoms with Gasteiger partial charge in [0.05, 0.1) is 5.56 Å². The van der Waals surface area contributed by atoms with E-state index in [1.54, 1.807) is 18.5 Å². The molecule has 3 atom stereocenters. The highest BCUT2D eigenvalue weighted by Gasteiger charge is 2.48. The number of piperidine rings is 1. The Bertz CT molecular complexity index is 717. The van der Waals surface area contributed by atoms with Gasteiger partial charge in [-0.1, -0.05) is 19.8 Å². The molecule has 2 saturated heterocycles. The molecule has 3 aliphatic rings. The van der Waals surface area contributed by atoms with E-state index >= 15 is 0 Å². The van der Waals surface area contributed by atoms with E-state index in [1.807, 2.05) is 22.9 Å². The molecule has 2 amide bonds. The Balaban J connectivity index is 1.53. The summed E-state index contributed by atoms with van der Waals surface area (Å²) >= 11 is 0. The average molecular weight is 399 g/mol. The van der Waals surface area contributed by atoms with E-state index in [0.717, 1.165) is 58.2 Å². The van der Waals surface area contributed by atoms with Crippen molar-refractivity contribution in [2.24, 2.45) is 5.92 Å². The molecule has 0 aromatic carbocycles. The number of carbonyl (C=O) groups excluding carboxylic acids is 2. The van der Waals surface area contributed by atoms with Gasteiger partial charge in [0.2, 0.25) is 5.91 Å². The van der Waals surface area contributed by atoms with Gasteiger partial charge in [-0.05, 0) is 56.7 Å². The summed E-state index contributed by atoms with van der Waals surface area (Å²) in [6.45, 7) is 5.36. The van der Waals surface area contributed by atoms with Gasteiger partial charge < -0.3 is 14.7 Å². The van der Waals surface area contributed by atoms with Gasteiger partial charge in [0.15, 0.2) is 0 Å². The van der Waals surface area contributed by atoms with E-state index in [4.69, 9.17) is 0 Å². The van der Waals surface area contributed by atoms with Gasteiger partial charge in [-0.3, -0.25) is 14.6 Å². The number of likely N-dealkylation sites (tertiary alicyclic amines) is 2. The van der Waals surface area contributed by atoms with Crippen molar-refractivity contribution in [3.8, 4) is 0 Å². The Kier molecular flexibility index (Phi) is 6.18. The quantitative estimate of drug-likeness (QED) is 0.783. The minimum atomic E-state index is -0.329. The zero-order chi connectivity index (χ0) is 20.4. The largest absolute Gasteiger partial charge is 0.341 e. The maximum atomic E-state index is 13.6. The Morgan fingerprint density at radius 2 is 1.93 bits per heavy atom. The Hall–Kier alpha value is -1.95. The molecule has 0 unspecified atom stereocenters. The maximum absolute atomic E-state index is 13.6. The molecule has 1 aromatic rings. The van der Waals surface area contributed by atoms with Gasteiger partial charge in [0.1, 0.15) is 6.04 Å². The van der Waals surface area contributed by atoms with Crippen molar-refractivity contribution in [1.82, 2.24) is 19.7 Å². The standard InChI is InChI=1S/C23H34N4O2/c1-3-26-13-10-19(11-14-26)25(2)23(29)21-15-17-7-4-5-9-20(17)27(21)22(28)18-8-6-12-24-16-18/h6,8,12,16-17,19-21H,3-5,7,9-11,13-15H2,1-2H3/t17-,20-,21+/m1/s1. The van der Waals surface area contributed by atoms with Crippen LogP contribution in [0.2, 0.25) is 0 Å². The average Bonchev–Trinajstić information content (AvgIpc) is 3.17. The molecule has 158 valence electrons. The number of hydrogen-bond acceptors (Lipinski definition) is 4. The van der Waals surface area contributed by atoms with Crippen LogP contribution in [0.25, 0.3) is 0 Å². The topological polar surface area (TPSA) is 56.8 Å². The molecule has 29 heavy (non-hydrogen) atoms. The molecule has 0 radical (unpaired) electrons. The van der Waals surface area contributed by atoms with Crippen LogP contribution in [0.5, 0.6) is 0 Å². The monoisotopic (exact) mass is 398 g/mol. The molecular formula is C23H34N4O2. The van der Waals surface area contributed by atoms with Crippen LogP contribution in [0, 0.1) is 5.92 Å². The Morgan fingerprint density at radius 3 is 2.62 bits per heavy atom. The van der Waals surface area contributed by atoms with E-state index in [1.165, 1.54) is 6.42 Å². The van der Waals surface area contributed by atoms with Crippen molar-refractivity contribution >= 4 is 11.8 Å². The van der Waals surface area contributed by atoms with Crippen LogP contribution < -0.4 is 0 Å². The van der Waals surface area contributed by atoms with Crippen molar-refractivity contribution in [3.05, 3.63) is 30.1 Å². The number of pyridine rings is 1. The number of nitrogens with zero attached hydrogens (tertiary/aromatic N) is 4. The summed E-state index contributed by atoms with van der Waals surface area (Å²) in [5, 5.41) is 0. The molecule has 1 saturated carbocycles. The first-order valence-electron chi connectivity index (χ1n) is 11.3. The lowest BCUT2D eigenvalue weighted by atomic mass is 9.84. The summed E-state index contributed by atoms with van der Waals surface area (Å²) in [5.41, 5.74) is 0.593. The van der Waals surface area contributed by atoms with Crippen molar-refractivity contribution in [1.29, 1.82) is 0 Å². The summed E-state index contributed by atoms with van der Waals surface area (Å²) in [6, 6.07) is 3.76. The lowest BCUT2D eigenvalue weighted by Gasteiger charge is -2.39. The first-order chi connectivity index (χ1) is 14.1. The number of hydrogen-bond donors (Lipinski definition) is 0. The molecule has 1 aromatic heterocycles. The lowest BCUT2D eigenvalue weighted by Crippen LogP contribution is -2.53. The molecule has 3 heterocycles.